The van der Waals surface area contributed by atoms with Crippen LogP contribution in [-0.4, -0.2) is 40.8 Å². The maximum absolute atomic E-state index is 12.2. The molecule has 1 saturated heterocycles. The molecule has 1 aliphatic rings. The second-order valence-corrected chi connectivity index (χ2v) is 7.23. The van der Waals surface area contributed by atoms with E-state index >= 15 is 0 Å². The molecule has 1 atom stereocenters. The van der Waals surface area contributed by atoms with Crippen molar-refractivity contribution in [2.45, 2.75) is 6.92 Å². The van der Waals surface area contributed by atoms with E-state index in [0.29, 0.717) is 23.0 Å². The topological polar surface area (TPSA) is 96.5 Å². The van der Waals surface area contributed by atoms with Gasteiger partial charge in [0.15, 0.2) is 0 Å². The Morgan fingerprint density at radius 3 is 2.59 bits per heavy atom. The first-order valence-electron chi connectivity index (χ1n) is 6.97. The third-order valence-electron chi connectivity index (χ3n) is 3.70. The molecule has 7 nitrogen and oxygen atoms in total. The summed E-state index contributed by atoms with van der Waals surface area (Å²) in [6, 6.07) is 4.79. The first kappa shape index (κ1) is 16.6. The van der Waals surface area contributed by atoms with E-state index in [1.165, 1.54) is 7.11 Å². The fraction of sp³-hybridized carbons (Fsp3) is 0.500. The Morgan fingerprint density at radius 1 is 1.41 bits per heavy atom. The SMILES string of the molecule is COc1cc(NC(=O)C(C)C2CNC2)ccc1NS(C)(=O)=O. The molecule has 1 unspecified atom stereocenters. The summed E-state index contributed by atoms with van der Waals surface area (Å²) in [4.78, 5) is 12.2. The lowest BCUT2D eigenvalue weighted by Crippen LogP contribution is -2.48. The minimum absolute atomic E-state index is 0.0580. The van der Waals surface area contributed by atoms with Crippen molar-refractivity contribution in [1.29, 1.82) is 0 Å². The van der Waals surface area contributed by atoms with Crippen LogP contribution in [0.3, 0.4) is 0 Å². The number of carbonyl (C=O) groups is 1. The predicted octanol–water partition coefficient (Wildman–Crippen LogP) is 0.861. The molecule has 1 aromatic rings. The maximum Gasteiger partial charge on any atom is 0.229 e. The third-order valence-corrected chi connectivity index (χ3v) is 4.29. The van der Waals surface area contributed by atoms with Gasteiger partial charge in [-0.2, -0.15) is 0 Å². The van der Waals surface area contributed by atoms with Gasteiger partial charge in [-0.1, -0.05) is 6.92 Å². The molecule has 1 amide bonds. The number of amides is 1. The van der Waals surface area contributed by atoms with Gasteiger partial charge in [-0.05, 0) is 31.1 Å². The molecule has 1 aliphatic heterocycles. The number of anilines is 2. The summed E-state index contributed by atoms with van der Waals surface area (Å²) in [5, 5.41) is 5.97. The standard InChI is InChI=1S/C14H21N3O4S/c1-9(10-7-15-8-10)14(18)16-11-4-5-12(13(6-11)21-2)17-22(3,19)20/h4-6,9-10,15,17H,7-8H2,1-3H3,(H,16,18). The summed E-state index contributed by atoms with van der Waals surface area (Å²) in [5.74, 6) is 0.563. The molecule has 0 aromatic heterocycles. The number of methoxy groups -OCH3 is 1. The van der Waals surface area contributed by atoms with Crippen LogP contribution in [0, 0.1) is 11.8 Å². The Bertz CT molecular complexity index is 656. The molecule has 0 saturated carbocycles. The summed E-state index contributed by atoms with van der Waals surface area (Å²) >= 11 is 0. The average molecular weight is 327 g/mol. The normalized spacial score (nSPS) is 16.5. The smallest absolute Gasteiger partial charge is 0.229 e. The monoisotopic (exact) mass is 327 g/mol. The van der Waals surface area contributed by atoms with E-state index in [1.54, 1.807) is 18.2 Å². The fourth-order valence-electron chi connectivity index (χ4n) is 2.19. The van der Waals surface area contributed by atoms with Gasteiger partial charge in [0.1, 0.15) is 5.75 Å². The van der Waals surface area contributed by atoms with E-state index < -0.39 is 10.0 Å². The molecule has 8 heteroatoms. The lowest BCUT2D eigenvalue weighted by atomic mass is 9.88. The summed E-state index contributed by atoms with van der Waals surface area (Å²) in [6.45, 7) is 3.61. The van der Waals surface area contributed by atoms with Crippen LogP contribution in [0.2, 0.25) is 0 Å². The molecule has 0 spiro atoms. The molecule has 122 valence electrons. The van der Waals surface area contributed by atoms with Gasteiger partial charge in [0, 0.05) is 17.7 Å². The third kappa shape index (κ3) is 4.11. The molecular formula is C14H21N3O4S. The molecule has 1 fully saturated rings. The number of carbonyl (C=O) groups excluding carboxylic acids is 1. The van der Waals surface area contributed by atoms with E-state index in [4.69, 9.17) is 4.74 Å². The van der Waals surface area contributed by atoms with Gasteiger partial charge in [0.05, 0.1) is 19.1 Å². The number of hydrogen-bond acceptors (Lipinski definition) is 5. The summed E-state index contributed by atoms with van der Waals surface area (Å²) in [7, 11) is -1.95. The molecular weight excluding hydrogens is 306 g/mol. The van der Waals surface area contributed by atoms with Crippen molar-refractivity contribution in [2.75, 3.05) is 36.5 Å². The number of nitrogens with one attached hydrogen (secondary N) is 3. The minimum Gasteiger partial charge on any atom is -0.494 e. The van der Waals surface area contributed by atoms with Crippen molar-refractivity contribution in [3.8, 4) is 5.75 Å². The highest BCUT2D eigenvalue weighted by molar-refractivity contribution is 7.92. The van der Waals surface area contributed by atoms with Crippen LogP contribution in [0.1, 0.15) is 6.92 Å². The van der Waals surface area contributed by atoms with Crippen LogP contribution in [0.15, 0.2) is 18.2 Å². The molecule has 0 aliphatic carbocycles. The Hall–Kier alpha value is -1.80. The van der Waals surface area contributed by atoms with Gasteiger partial charge >= 0.3 is 0 Å². The van der Waals surface area contributed by atoms with Crippen molar-refractivity contribution < 1.29 is 17.9 Å². The van der Waals surface area contributed by atoms with E-state index in [2.05, 4.69) is 15.4 Å². The van der Waals surface area contributed by atoms with Gasteiger partial charge in [-0.15, -0.1) is 0 Å². The van der Waals surface area contributed by atoms with Gasteiger partial charge in [0.2, 0.25) is 15.9 Å². The number of hydrogen-bond donors (Lipinski definition) is 3. The molecule has 2 rings (SSSR count). The van der Waals surface area contributed by atoms with E-state index in [9.17, 15) is 13.2 Å². The molecule has 0 bridgehead atoms. The van der Waals surface area contributed by atoms with Crippen LogP contribution >= 0.6 is 0 Å². The van der Waals surface area contributed by atoms with Crippen LogP contribution in [0.5, 0.6) is 5.75 Å². The maximum atomic E-state index is 12.2. The average Bonchev–Trinajstić information content (AvgIpc) is 2.36. The zero-order chi connectivity index (χ0) is 16.3. The number of sulfonamides is 1. The molecule has 1 heterocycles. The van der Waals surface area contributed by atoms with Crippen molar-refractivity contribution in [2.24, 2.45) is 11.8 Å². The summed E-state index contributed by atoms with van der Waals surface area (Å²) < 4.78 is 30.1. The number of ether oxygens (including phenoxy) is 1. The molecule has 22 heavy (non-hydrogen) atoms. The van der Waals surface area contributed by atoms with Crippen LogP contribution in [0.25, 0.3) is 0 Å². The van der Waals surface area contributed by atoms with Gasteiger partial charge in [-0.25, -0.2) is 8.42 Å². The summed E-state index contributed by atoms with van der Waals surface area (Å²) in [5.41, 5.74) is 0.902. The lowest BCUT2D eigenvalue weighted by Gasteiger charge is -2.31. The number of benzene rings is 1. The highest BCUT2D eigenvalue weighted by Gasteiger charge is 2.28. The Balaban J connectivity index is 2.10. The Labute approximate surface area is 130 Å². The van der Waals surface area contributed by atoms with Crippen LogP contribution < -0.4 is 20.1 Å². The zero-order valence-electron chi connectivity index (χ0n) is 12.8. The molecule has 0 radical (unpaired) electrons. The number of rotatable bonds is 6. The lowest BCUT2D eigenvalue weighted by molar-refractivity contribution is -0.121. The molecule has 3 N–H and O–H groups in total. The molecule has 1 aromatic carbocycles. The zero-order valence-corrected chi connectivity index (χ0v) is 13.7. The highest BCUT2D eigenvalue weighted by atomic mass is 32.2. The van der Waals surface area contributed by atoms with Gasteiger partial charge in [-0.3, -0.25) is 9.52 Å². The predicted molar refractivity (Wildman–Crippen MR) is 85.6 cm³/mol. The first-order valence-corrected chi connectivity index (χ1v) is 8.86. The van der Waals surface area contributed by atoms with E-state index in [1.807, 2.05) is 6.92 Å². The first-order chi connectivity index (χ1) is 10.3. The largest absolute Gasteiger partial charge is 0.494 e. The van der Waals surface area contributed by atoms with Gasteiger partial charge in [0.25, 0.3) is 0 Å². The second-order valence-electron chi connectivity index (χ2n) is 5.49. The quantitative estimate of drug-likeness (QED) is 0.720. The Morgan fingerprint density at radius 2 is 2.09 bits per heavy atom. The van der Waals surface area contributed by atoms with Crippen LogP contribution in [-0.2, 0) is 14.8 Å². The second kappa shape index (κ2) is 6.53. The van der Waals surface area contributed by atoms with Crippen molar-refractivity contribution in [1.82, 2.24) is 5.32 Å². The van der Waals surface area contributed by atoms with Crippen LogP contribution in [0.4, 0.5) is 11.4 Å². The fourth-order valence-corrected chi connectivity index (χ4v) is 2.76. The van der Waals surface area contributed by atoms with Crippen molar-refractivity contribution in [3.05, 3.63) is 18.2 Å². The van der Waals surface area contributed by atoms with Gasteiger partial charge < -0.3 is 15.4 Å². The van der Waals surface area contributed by atoms with Crippen molar-refractivity contribution in [3.63, 3.8) is 0 Å². The summed E-state index contributed by atoms with van der Waals surface area (Å²) in [6.07, 6.45) is 1.07. The minimum atomic E-state index is -3.39. The van der Waals surface area contributed by atoms with E-state index in [0.717, 1.165) is 19.3 Å². The van der Waals surface area contributed by atoms with Crippen molar-refractivity contribution >= 4 is 27.3 Å². The highest BCUT2D eigenvalue weighted by Crippen LogP contribution is 2.29. The van der Waals surface area contributed by atoms with E-state index in [-0.39, 0.29) is 11.8 Å². The Kier molecular flexibility index (Phi) is 4.92.